The summed E-state index contributed by atoms with van der Waals surface area (Å²) in [7, 11) is 0. The predicted molar refractivity (Wildman–Crippen MR) is 77.9 cm³/mol. The van der Waals surface area contributed by atoms with E-state index in [4.69, 9.17) is 9.47 Å². The van der Waals surface area contributed by atoms with Crippen LogP contribution in [0.15, 0.2) is 30.4 Å². The summed E-state index contributed by atoms with van der Waals surface area (Å²) in [6.45, 7) is 10.4. The van der Waals surface area contributed by atoms with E-state index in [1.54, 1.807) is 0 Å². The highest BCUT2D eigenvalue weighted by atomic mass is 16.6. The Kier molecular flexibility index (Phi) is 4.86. The minimum absolute atomic E-state index is 0.345. The summed E-state index contributed by atoms with van der Waals surface area (Å²) in [6, 6.07) is 6.58. The van der Waals surface area contributed by atoms with Crippen molar-refractivity contribution in [3.05, 3.63) is 35.9 Å². The molecule has 1 aliphatic rings. The van der Waals surface area contributed by atoms with Gasteiger partial charge in [0.25, 0.3) is 0 Å². The van der Waals surface area contributed by atoms with Crippen molar-refractivity contribution in [2.75, 3.05) is 19.8 Å². The highest BCUT2D eigenvalue weighted by Gasteiger charge is 2.16. The Morgan fingerprint density at radius 2 is 2.05 bits per heavy atom. The van der Waals surface area contributed by atoms with E-state index in [1.807, 2.05) is 6.07 Å². The molecule has 1 aromatic carbocycles. The van der Waals surface area contributed by atoms with Gasteiger partial charge < -0.3 is 14.8 Å². The van der Waals surface area contributed by atoms with Crippen LogP contribution < -0.4 is 14.8 Å². The zero-order valence-electron chi connectivity index (χ0n) is 11.9. The van der Waals surface area contributed by atoms with Gasteiger partial charge in [-0.15, -0.1) is 6.58 Å². The molecule has 104 valence electrons. The second-order valence-electron chi connectivity index (χ2n) is 5.01. The average molecular weight is 261 g/mol. The SMILES string of the molecule is C=C(C)CCC(NCC)c1ccc2c(c1)OCCO2. The van der Waals surface area contributed by atoms with Crippen molar-refractivity contribution < 1.29 is 9.47 Å². The number of hydrogen-bond acceptors (Lipinski definition) is 3. The van der Waals surface area contributed by atoms with Crippen LogP contribution in [0.5, 0.6) is 11.5 Å². The van der Waals surface area contributed by atoms with Crippen molar-refractivity contribution in [2.24, 2.45) is 0 Å². The van der Waals surface area contributed by atoms with Crippen molar-refractivity contribution in [1.29, 1.82) is 0 Å². The molecule has 0 fully saturated rings. The number of fused-ring (bicyclic) bond motifs is 1. The molecule has 1 atom stereocenters. The maximum atomic E-state index is 5.65. The van der Waals surface area contributed by atoms with E-state index in [-0.39, 0.29) is 0 Å². The Bertz CT molecular complexity index is 442. The quantitative estimate of drug-likeness (QED) is 0.795. The van der Waals surface area contributed by atoms with Gasteiger partial charge in [-0.2, -0.15) is 0 Å². The van der Waals surface area contributed by atoms with E-state index >= 15 is 0 Å². The lowest BCUT2D eigenvalue weighted by Gasteiger charge is -2.23. The van der Waals surface area contributed by atoms with Gasteiger partial charge in [-0.05, 0) is 44.0 Å². The van der Waals surface area contributed by atoms with Gasteiger partial charge in [0.1, 0.15) is 13.2 Å². The summed E-state index contributed by atoms with van der Waals surface area (Å²) in [5.74, 6) is 1.71. The fourth-order valence-electron chi connectivity index (χ4n) is 2.30. The summed E-state index contributed by atoms with van der Waals surface area (Å²) < 4.78 is 11.2. The fourth-order valence-corrected chi connectivity index (χ4v) is 2.30. The number of ether oxygens (including phenoxy) is 2. The number of allylic oxidation sites excluding steroid dienone is 1. The first-order valence-corrected chi connectivity index (χ1v) is 6.98. The number of rotatable bonds is 6. The summed E-state index contributed by atoms with van der Waals surface area (Å²) >= 11 is 0. The third kappa shape index (κ3) is 3.74. The van der Waals surface area contributed by atoms with Crippen LogP contribution in [0.1, 0.15) is 38.3 Å². The molecule has 0 saturated carbocycles. The molecule has 1 N–H and O–H groups in total. The summed E-state index contributed by atoms with van der Waals surface area (Å²) in [5, 5.41) is 3.52. The average Bonchev–Trinajstić information content (AvgIpc) is 2.42. The van der Waals surface area contributed by atoms with Gasteiger partial charge in [-0.1, -0.05) is 18.6 Å². The molecule has 3 nitrogen and oxygen atoms in total. The largest absolute Gasteiger partial charge is 0.486 e. The van der Waals surface area contributed by atoms with Crippen LogP contribution in [-0.4, -0.2) is 19.8 Å². The molecule has 0 bridgehead atoms. The molecule has 1 heterocycles. The van der Waals surface area contributed by atoms with Crippen molar-refractivity contribution in [3.8, 4) is 11.5 Å². The normalized spacial score (nSPS) is 15.1. The van der Waals surface area contributed by atoms with Crippen molar-refractivity contribution in [2.45, 2.75) is 32.7 Å². The minimum atomic E-state index is 0.345. The van der Waals surface area contributed by atoms with E-state index in [0.717, 1.165) is 30.9 Å². The monoisotopic (exact) mass is 261 g/mol. The van der Waals surface area contributed by atoms with E-state index in [9.17, 15) is 0 Å². The maximum Gasteiger partial charge on any atom is 0.161 e. The van der Waals surface area contributed by atoms with Gasteiger partial charge >= 0.3 is 0 Å². The molecule has 0 amide bonds. The second kappa shape index (κ2) is 6.62. The molecule has 0 aliphatic carbocycles. The lowest BCUT2D eigenvalue weighted by atomic mass is 9.99. The Balaban J connectivity index is 2.13. The minimum Gasteiger partial charge on any atom is -0.486 e. The molecule has 1 aromatic rings. The Morgan fingerprint density at radius 3 is 2.74 bits per heavy atom. The van der Waals surface area contributed by atoms with Crippen LogP contribution in [0.4, 0.5) is 0 Å². The van der Waals surface area contributed by atoms with Crippen LogP contribution >= 0.6 is 0 Å². The van der Waals surface area contributed by atoms with Gasteiger partial charge in [0, 0.05) is 6.04 Å². The maximum absolute atomic E-state index is 5.65. The van der Waals surface area contributed by atoms with Gasteiger partial charge in [0.05, 0.1) is 0 Å². The molecular formula is C16H23NO2. The van der Waals surface area contributed by atoms with E-state index in [0.29, 0.717) is 19.3 Å². The van der Waals surface area contributed by atoms with Crippen LogP contribution in [0.3, 0.4) is 0 Å². The molecule has 1 unspecified atom stereocenters. The molecule has 0 aromatic heterocycles. The van der Waals surface area contributed by atoms with Crippen LogP contribution in [-0.2, 0) is 0 Å². The summed E-state index contributed by atoms with van der Waals surface area (Å²) in [5.41, 5.74) is 2.48. The number of hydrogen-bond donors (Lipinski definition) is 1. The first kappa shape index (κ1) is 13.9. The topological polar surface area (TPSA) is 30.5 Å². The Labute approximate surface area is 115 Å². The zero-order chi connectivity index (χ0) is 13.7. The first-order valence-electron chi connectivity index (χ1n) is 6.98. The zero-order valence-corrected chi connectivity index (χ0v) is 11.9. The molecule has 0 radical (unpaired) electrons. The third-order valence-electron chi connectivity index (χ3n) is 3.28. The van der Waals surface area contributed by atoms with E-state index < -0.39 is 0 Å². The highest BCUT2D eigenvalue weighted by molar-refractivity contribution is 5.44. The van der Waals surface area contributed by atoms with Gasteiger partial charge in [-0.3, -0.25) is 0 Å². The van der Waals surface area contributed by atoms with Gasteiger partial charge in [-0.25, -0.2) is 0 Å². The Hall–Kier alpha value is -1.48. The lowest BCUT2D eigenvalue weighted by Crippen LogP contribution is -2.22. The molecule has 0 saturated heterocycles. The molecule has 1 aliphatic heterocycles. The van der Waals surface area contributed by atoms with Crippen molar-refractivity contribution in [1.82, 2.24) is 5.32 Å². The smallest absolute Gasteiger partial charge is 0.161 e. The standard InChI is InChI=1S/C16H23NO2/c1-4-17-14(7-5-12(2)3)13-6-8-15-16(11-13)19-10-9-18-15/h6,8,11,14,17H,2,4-5,7,9-10H2,1,3H3. The van der Waals surface area contributed by atoms with Gasteiger partial charge in [0.2, 0.25) is 0 Å². The van der Waals surface area contributed by atoms with Gasteiger partial charge in [0.15, 0.2) is 11.5 Å². The third-order valence-corrected chi connectivity index (χ3v) is 3.28. The van der Waals surface area contributed by atoms with Crippen LogP contribution in [0.2, 0.25) is 0 Å². The van der Waals surface area contributed by atoms with E-state index in [2.05, 4.69) is 37.9 Å². The van der Waals surface area contributed by atoms with Crippen molar-refractivity contribution in [3.63, 3.8) is 0 Å². The summed E-state index contributed by atoms with van der Waals surface area (Å²) in [6.07, 6.45) is 2.09. The molecular weight excluding hydrogens is 238 g/mol. The molecule has 2 rings (SSSR count). The summed E-state index contributed by atoms with van der Waals surface area (Å²) in [4.78, 5) is 0. The van der Waals surface area contributed by atoms with E-state index in [1.165, 1.54) is 11.1 Å². The first-order chi connectivity index (χ1) is 9.20. The van der Waals surface area contributed by atoms with Crippen LogP contribution in [0, 0.1) is 0 Å². The highest BCUT2D eigenvalue weighted by Crippen LogP contribution is 2.33. The molecule has 3 heteroatoms. The predicted octanol–water partition coefficient (Wildman–Crippen LogP) is 3.46. The van der Waals surface area contributed by atoms with Crippen LogP contribution in [0.25, 0.3) is 0 Å². The molecule has 19 heavy (non-hydrogen) atoms. The molecule has 0 spiro atoms. The van der Waals surface area contributed by atoms with Crippen molar-refractivity contribution >= 4 is 0 Å². The Morgan fingerprint density at radius 1 is 1.32 bits per heavy atom. The number of nitrogens with one attached hydrogen (secondary N) is 1. The fraction of sp³-hybridized carbons (Fsp3) is 0.500. The lowest BCUT2D eigenvalue weighted by molar-refractivity contribution is 0.171. The number of benzene rings is 1. The second-order valence-corrected chi connectivity index (χ2v) is 5.01.